The first-order valence-corrected chi connectivity index (χ1v) is 10.6. The van der Waals surface area contributed by atoms with Gasteiger partial charge in [-0.15, -0.1) is 0 Å². The van der Waals surface area contributed by atoms with Crippen molar-refractivity contribution in [3.05, 3.63) is 83.2 Å². The van der Waals surface area contributed by atoms with Crippen LogP contribution >= 0.6 is 0 Å². The Kier molecular flexibility index (Phi) is 4.76. The molecule has 5 rings (SSSR count). The van der Waals surface area contributed by atoms with Gasteiger partial charge in [0.2, 0.25) is 0 Å². The molecule has 4 aromatic rings. The highest BCUT2D eigenvalue weighted by atomic mass is 15.3. The fourth-order valence-corrected chi connectivity index (χ4v) is 4.39. The summed E-state index contributed by atoms with van der Waals surface area (Å²) in [6.07, 6.45) is 5.56. The summed E-state index contributed by atoms with van der Waals surface area (Å²) in [7, 11) is 0. The Morgan fingerprint density at radius 3 is 2.45 bits per heavy atom. The second-order valence-corrected chi connectivity index (χ2v) is 7.82. The van der Waals surface area contributed by atoms with E-state index in [0.29, 0.717) is 0 Å². The SMILES string of the molecule is Cc1nn2c(NCCc3ccccc3)c3c(nc2c1-c1ccccc1)CCCC3. The van der Waals surface area contributed by atoms with Gasteiger partial charge < -0.3 is 5.32 Å². The van der Waals surface area contributed by atoms with E-state index in [4.69, 9.17) is 10.1 Å². The number of fused-ring (bicyclic) bond motifs is 2. The van der Waals surface area contributed by atoms with Gasteiger partial charge in [0.1, 0.15) is 5.82 Å². The van der Waals surface area contributed by atoms with E-state index < -0.39 is 0 Å². The Balaban J connectivity index is 1.58. The second kappa shape index (κ2) is 7.70. The molecule has 1 aliphatic carbocycles. The Morgan fingerprint density at radius 2 is 1.66 bits per heavy atom. The molecule has 0 unspecified atom stereocenters. The van der Waals surface area contributed by atoms with Gasteiger partial charge in [-0.05, 0) is 50.2 Å². The molecule has 29 heavy (non-hydrogen) atoms. The molecule has 1 N–H and O–H groups in total. The number of aryl methyl sites for hydroxylation is 2. The van der Waals surface area contributed by atoms with E-state index in [1.54, 1.807) is 0 Å². The highest BCUT2D eigenvalue weighted by Gasteiger charge is 2.22. The predicted octanol–water partition coefficient (Wildman–Crippen LogP) is 5.24. The number of benzene rings is 2. The zero-order valence-electron chi connectivity index (χ0n) is 16.9. The topological polar surface area (TPSA) is 42.2 Å². The van der Waals surface area contributed by atoms with Gasteiger partial charge in [-0.1, -0.05) is 60.7 Å². The fourth-order valence-electron chi connectivity index (χ4n) is 4.39. The number of hydrogen-bond donors (Lipinski definition) is 1. The van der Waals surface area contributed by atoms with Gasteiger partial charge in [0.25, 0.3) is 0 Å². The molecule has 0 aliphatic heterocycles. The molecule has 0 radical (unpaired) electrons. The van der Waals surface area contributed by atoms with Gasteiger partial charge in [0.05, 0.1) is 5.69 Å². The van der Waals surface area contributed by atoms with Crippen molar-refractivity contribution in [1.29, 1.82) is 0 Å². The third-order valence-corrected chi connectivity index (χ3v) is 5.82. The Bertz CT molecular complexity index is 1130. The molecule has 4 nitrogen and oxygen atoms in total. The summed E-state index contributed by atoms with van der Waals surface area (Å²) >= 11 is 0. The van der Waals surface area contributed by atoms with Gasteiger partial charge in [0, 0.05) is 23.4 Å². The molecule has 0 spiro atoms. The molecule has 0 amide bonds. The lowest BCUT2D eigenvalue weighted by Crippen LogP contribution is -2.17. The van der Waals surface area contributed by atoms with E-state index >= 15 is 0 Å². The average molecular weight is 383 g/mol. The molecule has 0 fully saturated rings. The molecule has 4 heteroatoms. The first-order chi connectivity index (χ1) is 14.3. The maximum Gasteiger partial charge on any atom is 0.165 e. The lowest BCUT2D eigenvalue weighted by Gasteiger charge is -2.20. The predicted molar refractivity (Wildman–Crippen MR) is 118 cm³/mol. The highest BCUT2D eigenvalue weighted by molar-refractivity contribution is 5.81. The molecule has 0 saturated heterocycles. The van der Waals surface area contributed by atoms with Crippen LogP contribution in [0.5, 0.6) is 0 Å². The number of anilines is 1. The van der Waals surface area contributed by atoms with Crippen LogP contribution in [0.4, 0.5) is 5.82 Å². The zero-order valence-corrected chi connectivity index (χ0v) is 16.9. The van der Waals surface area contributed by atoms with E-state index in [1.807, 2.05) is 4.52 Å². The molecular formula is C25H26N4. The highest BCUT2D eigenvalue weighted by Crippen LogP contribution is 2.33. The van der Waals surface area contributed by atoms with Crippen LogP contribution in [0.2, 0.25) is 0 Å². The largest absolute Gasteiger partial charge is 0.369 e. The second-order valence-electron chi connectivity index (χ2n) is 7.82. The van der Waals surface area contributed by atoms with Gasteiger partial charge in [0.15, 0.2) is 5.65 Å². The summed E-state index contributed by atoms with van der Waals surface area (Å²) in [4.78, 5) is 5.10. The van der Waals surface area contributed by atoms with Crippen LogP contribution < -0.4 is 5.32 Å². The van der Waals surface area contributed by atoms with Crippen molar-refractivity contribution in [3.63, 3.8) is 0 Å². The van der Waals surface area contributed by atoms with Crippen molar-refractivity contribution in [3.8, 4) is 11.1 Å². The molecule has 0 bridgehead atoms. The Hall–Kier alpha value is -3.14. The first kappa shape index (κ1) is 17.9. The van der Waals surface area contributed by atoms with Gasteiger partial charge in [-0.2, -0.15) is 9.61 Å². The monoisotopic (exact) mass is 382 g/mol. The first-order valence-electron chi connectivity index (χ1n) is 10.6. The minimum absolute atomic E-state index is 0.884. The summed E-state index contributed by atoms with van der Waals surface area (Å²) in [5.74, 6) is 1.13. The maximum atomic E-state index is 5.10. The molecular weight excluding hydrogens is 356 g/mol. The van der Waals surface area contributed by atoms with Crippen molar-refractivity contribution in [2.24, 2.45) is 0 Å². The number of aromatic nitrogens is 3. The average Bonchev–Trinajstić information content (AvgIpc) is 3.10. The third kappa shape index (κ3) is 3.39. The molecule has 2 heterocycles. The van der Waals surface area contributed by atoms with Crippen LogP contribution in [-0.4, -0.2) is 21.1 Å². The summed E-state index contributed by atoms with van der Waals surface area (Å²) in [6, 6.07) is 21.1. The molecule has 1 aliphatic rings. The minimum Gasteiger partial charge on any atom is -0.369 e. The van der Waals surface area contributed by atoms with E-state index in [-0.39, 0.29) is 0 Å². The summed E-state index contributed by atoms with van der Waals surface area (Å²) in [6.45, 7) is 2.97. The normalized spacial score (nSPS) is 13.4. The van der Waals surface area contributed by atoms with Gasteiger partial charge >= 0.3 is 0 Å². The van der Waals surface area contributed by atoms with Crippen LogP contribution in [0.1, 0.15) is 35.4 Å². The van der Waals surface area contributed by atoms with Crippen LogP contribution in [0, 0.1) is 6.92 Å². The standard InChI is InChI=1S/C25H26N4/c1-18-23(20-12-6-3-7-13-20)25-27-22-15-9-8-14-21(22)24(29(25)28-18)26-17-16-19-10-4-2-5-11-19/h2-7,10-13,26H,8-9,14-17H2,1H3. The summed E-state index contributed by atoms with van der Waals surface area (Å²) in [5, 5.41) is 8.63. The smallest absolute Gasteiger partial charge is 0.165 e. The Morgan fingerprint density at radius 1 is 0.931 bits per heavy atom. The minimum atomic E-state index is 0.884. The van der Waals surface area contributed by atoms with Crippen LogP contribution in [0.15, 0.2) is 60.7 Å². The van der Waals surface area contributed by atoms with Crippen molar-refractivity contribution < 1.29 is 0 Å². The number of hydrogen-bond acceptors (Lipinski definition) is 3. The zero-order chi connectivity index (χ0) is 19.6. The quantitative estimate of drug-likeness (QED) is 0.513. The van der Waals surface area contributed by atoms with Crippen LogP contribution in [0.25, 0.3) is 16.8 Å². The summed E-state index contributed by atoms with van der Waals surface area (Å²) in [5.41, 5.74) is 8.25. The van der Waals surface area contributed by atoms with Crippen molar-refractivity contribution in [2.75, 3.05) is 11.9 Å². The third-order valence-electron chi connectivity index (χ3n) is 5.82. The van der Waals surface area contributed by atoms with E-state index in [1.165, 1.54) is 35.2 Å². The van der Waals surface area contributed by atoms with E-state index in [2.05, 4.69) is 72.9 Å². The maximum absolute atomic E-state index is 5.10. The van der Waals surface area contributed by atoms with Gasteiger partial charge in [-0.3, -0.25) is 0 Å². The van der Waals surface area contributed by atoms with Crippen molar-refractivity contribution >= 4 is 11.5 Å². The van der Waals surface area contributed by atoms with Crippen molar-refractivity contribution in [2.45, 2.75) is 39.0 Å². The number of rotatable bonds is 5. The van der Waals surface area contributed by atoms with Gasteiger partial charge in [-0.25, -0.2) is 4.98 Å². The molecule has 146 valence electrons. The molecule has 2 aromatic heterocycles. The van der Waals surface area contributed by atoms with E-state index in [0.717, 1.165) is 48.5 Å². The number of nitrogens with zero attached hydrogens (tertiary/aromatic N) is 3. The molecule has 0 atom stereocenters. The molecule has 2 aromatic carbocycles. The molecule has 0 saturated carbocycles. The fraction of sp³-hybridized carbons (Fsp3) is 0.280. The lowest BCUT2D eigenvalue weighted by atomic mass is 9.96. The lowest BCUT2D eigenvalue weighted by molar-refractivity contribution is 0.661. The van der Waals surface area contributed by atoms with E-state index in [9.17, 15) is 0 Å². The number of nitrogens with one attached hydrogen (secondary N) is 1. The summed E-state index contributed by atoms with van der Waals surface area (Å²) < 4.78 is 2.05. The van der Waals surface area contributed by atoms with Crippen LogP contribution in [0.3, 0.4) is 0 Å². The van der Waals surface area contributed by atoms with Crippen molar-refractivity contribution in [1.82, 2.24) is 14.6 Å². The Labute approximate surface area is 171 Å². The van der Waals surface area contributed by atoms with Crippen LogP contribution in [-0.2, 0) is 19.3 Å².